The zero-order chi connectivity index (χ0) is 18.7. The molecule has 0 saturated heterocycles. The molecule has 0 atom stereocenters. The first-order chi connectivity index (χ1) is 12.4. The summed E-state index contributed by atoms with van der Waals surface area (Å²) in [5, 5.41) is 6.62. The van der Waals surface area contributed by atoms with Gasteiger partial charge in [0.05, 0.1) is 11.4 Å². The van der Waals surface area contributed by atoms with Crippen LogP contribution in [0.1, 0.15) is 47.8 Å². The summed E-state index contributed by atoms with van der Waals surface area (Å²) in [6.45, 7) is 1.62. The molecule has 1 aromatic heterocycles. The maximum absolute atomic E-state index is 12.8. The molecule has 1 fully saturated rings. The molecule has 0 radical (unpaired) electrons. The first-order valence-electron chi connectivity index (χ1n) is 8.53. The van der Waals surface area contributed by atoms with Crippen LogP contribution in [0.3, 0.4) is 0 Å². The predicted molar refractivity (Wildman–Crippen MR) is 93.9 cm³/mol. The molecule has 26 heavy (non-hydrogen) atoms. The Hall–Kier alpha value is -2.26. The van der Waals surface area contributed by atoms with Crippen molar-refractivity contribution in [3.05, 3.63) is 41.5 Å². The minimum Gasteiger partial charge on any atom is -0.349 e. The zero-order valence-corrected chi connectivity index (χ0v) is 15.6. The number of rotatable bonds is 6. The van der Waals surface area contributed by atoms with E-state index in [4.69, 9.17) is 4.52 Å². The van der Waals surface area contributed by atoms with Crippen LogP contribution >= 0.6 is 0 Å². The van der Waals surface area contributed by atoms with Crippen LogP contribution in [0.5, 0.6) is 0 Å². The van der Waals surface area contributed by atoms with Crippen molar-refractivity contribution in [3.63, 3.8) is 0 Å². The van der Waals surface area contributed by atoms with E-state index in [0.29, 0.717) is 11.4 Å². The van der Waals surface area contributed by atoms with Crippen molar-refractivity contribution >= 4 is 15.9 Å². The number of amides is 1. The summed E-state index contributed by atoms with van der Waals surface area (Å²) in [6, 6.07) is 6.23. The number of hydrogen-bond acceptors (Lipinski definition) is 6. The predicted octanol–water partition coefficient (Wildman–Crippen LogP) is 1.87. The molecule has 2 aromatic rings. The second-order valence-corrected chi connectivity index (χ2v) is 8.52. The Balaban J connectivity index is 1.75. The van der Waals surface area contributed by atoms with Gasteiger partial charge in [0.2, 0.25) is 15.9 Å². The third-order valence-corrected chi connectivity index (χ3v) is 6.22. The quantitative estimate of drug-likeness (QED) is 0.823. The van der Waals surface area contributed by atoms with Crippen molar-refractivity contribution in [3.8, 4) is 0 Å². The van der Waals surface area contributed by atoms with Crippen LogP contribution in [0.4, 0.5) is 0 Å². The molecule has 0 unspecified atom stereocenters. The second kappa shape index (κ2) is 7.55. The Bertz CT molecular complexity index is 888. The van der Waals surface area contributed by atoms with Gasteiger partial charge in [0, 0.05) is 18.7 Å². The first kappa shape index (κ1) is 18.5. The number of carbonyl (C=O) groups excluding carboxylic acids is 1. The van der Waals surface area contributed by atoms with E-state index < -0.39 is 10.0 Å². The van der Waals surface area contributed by atoms with E-state index >= 15 is 0 Å². The van der Waals surface area contributed by atoms with Crippen molar-refractivity contribution in [2.45, 2.75) is 50.1 Å². The third-order valence-electron chi connectivity index (χ3n) is 4.42. The molecule has 1 saturated carbocycles. The number of hydrogen-bond donors (Lipinski definition) is 1. The third kappa shape index (κ3) is 4.10. The number of benzene rings is 1. The highest BCUT2D eigenvalue weighted by Gasteiger charge is 2.24. The molecule has 0 spiro atoms. The molecule has 0 bridgehead atoms. The molecule has 140 valence electrons. The average molecular weight is 378 g/mol. The van der Waals surface area contributed by atoms with Crippen LogP contribution < -0.4 is 5.32 Å². The highest BCUT2D eigenvalue weighted by Crippen LogP contribution is 2.20. The van der Waals surface area contributed by atoms with Gasteiger partial charge >= 0.3 is 0 Å². The van der Waals surface area contributed by atoms with Gasteiger partial charge in [-0.1, -0.05) is 24.1 Å². The molecule has 1 N–H and O–H groups in total. The number of carbonyl (C=O) groups is 1. The van der Waals surface area contributed by atoms with Crippen LogP contribution in [-0.4, -0.2) is 41.9 Å². The van der Waals surface area contributed by atoms with Gasteiger partial charge < -0.3 is 9.84 Å². The van der Waals surface area contributed by atoms with Gasteiger partial charge in [0.1, 0.15) is 0 Å². The van der Waals surface area contributed by atoms with Gasteiger partial charge in [-0.25, -0.2) is 8.42 Å². The lowest BCUT2D eigenvalue weighted by atomic mass is 10.2. The Morgan fingerprint density at radius 3 is 2.73 bits per heavy atom. The maximum Gasteiger partial charge on any atom is 0.251 e. The van der Waals surface area contributed by atoms with Crippen LogP contribution in [0, 0.1) is 6.92 Å². The average Bonchev–Trinajstić information content (AvgIpc) is 3.26. The number of nitrogens with zero attached hydrogens (tertiary/aromatic N) is 3. The van der Waals surface area contributed by atoms with Crippen LogP contribution in [0.15, 0.2) is 33.7 Å². The number of sulfonamides is 1. The van der Waals surface area contributed by atoms with E-state index in [1.807, 2.05) is 0 Å². The summed E-state index contributed by atoms with van der Waals surface area (Å²) >= 11 is 0. The highest BCUT2D eigenvalue weighted by atomic mass is 32.2. The lowest BCUT2D eigenvalue weighted by Crippen LogP contribution is -2.33. The van der Waals surface area contributed by atoms with Crippen LogP contribution in [0.25, 0.3) is 0 Å². The molecule has 8 nitrogen and oxygen atoms in total. The molecule has 1 amide bonds. The molecule has 1 aromatic carbocycles. The molecule has 1 aliphatic rings. The van der Waals surface area contributed by atoms with E-state index in [1.165, 1.54) is 19.2 Å². The minimum atomic E-state index is -3.79. The van der Waals surface area contributed by atoms with Crippen molar-refractivity contribution < 1.29 is 17.7 Å². The molecular weight excluding hydrogens is 356 g/mol. The number of aromatic nitrogens is 2. The lowest BCUT2D eigenvalue weighted by molar-refractivity contribution is 0.0937. The van der Waals surface area contributed by atoms with E-state index in [0.717, 1.165) is 30.0 Å². The van der Waals surface area contributed by atoms with E-state index in [1.54, 1.807) is 19.1 Å². The maximum atomic E-state index is 12.8. The van der Waals surface area contributed by atoms with Gasteiger partial charge in [-0.2, -0.15) is 9.29 Å². The molecule has 9 heteroatoms. The first-order valence-corrected chi connectivity index (χ1v) is 9.97. The van der Waals surface area contributed by atoms with E-state index in [2.05, 4.69) is 15.5 Å². The number of nitrogens with one attached hydrogen (secondary N) is 1. The fourth-order valence-electron chi connectivity index (χ4n) is 3.00. The van der Waals surface area contributed by atoms with Crippen LogP contribution in [0.2, 0.25) is 0 Å². The fourth-order valence-corrected chi connectivity index (χ4v) is 4.16. The van der Waals surface area contributed by atoms with E-state index in [-0.39, 0.29) is 29.3 Å². The summed E-state index contributed by atoms with van der Waals surface area (Å²) in [6.07, 6.45) is 4.16. The smallest absolute Gasteiger partial charge is 0.251 e. The van der Waals surface area contributed by atoms with Gasteiger partial charge in [-0.3, -0.25) is 4.79 Å². The summed E-state index contributed by atoms with van der Waals surface area (Å²) in [5.41, 5.74) is 0.333. The molecular formula is C17H22N4O4S. The van der Waals surface area contributed by atoms with Crippen molar-refractivity contribution in [2.24, 2.45) is 0 Å². The fraction of sp³-hybridized carbons (Fsp3) is 0.471. The Morgan fingerprint density at radius 2 is 2.08 bits per heavy atom. The Kier molecular flexibility index (Phi) is 5.38. The number of aryl methyl sites for hydroxylation is 1. The SMILES string of the molecule is Cc1noc(CN(C)S(=O)(=O)c2cccc(C(=O)NC3CCCC3)c2)n1. The standard InChI is InChI=1S/C17H22N4O4S/c1-12-18-16(25-20-12)11-21(2)26(23,24)15-9-5-6-13(10-15)17(22)19-14-7-3-4-8-14/h5-6,9-10,14H,3-4,7-8,11H2,1-2H3,(H,19,22). The largest absolute Gasteiger partial charge is 0.349 e. The second-order valence-electron chi connectivity index (χ2n) is 6.48. The van der Waals surface area contributed by atoms with Gasteiger partial charge in [-0.05, 0) is 38.0 Å². The van der Waals surface area contributed by atoms with Gasteiger partial charge in [0.15, 0.2) is 5.82 Å². The monoisotopic (exact) mass is 378 g/mol. The Labute approximate surface area is 152 Å². The van der Waals surface area contributed by atoms with Crippen molar-refractivity contribution in [2.75, 3.05) is 7.05 Å². The molecule has 1 aliphatic carbocycles. The van der Waals surface area contributed by atoms with Gasteiger partial charge in [0.25, 0.3) is 5.91 Å². The molecule has 1 heterocycles. The summed E-state index contributed by atoms with van der Waals surface area (Å²) in [7, 11) is -2.35. The van der Waals surface area contributed by atoms with Gasteiger partial charge in [-0.15, -0.1) is 0 Å². The normalized spacial score (nSPS) is 15.5. The topological polar surface area (TPSA) is 105 Å². The van der Waals surface area contributed by atoms with E-state index in [9.17, 15) is 13.2 Å². The van der Waals surface area contributed by atoms with Crippen molar-refractivity contribution in [1.82, 2.24) is 19.8 Å². The zero-order valence-electron chi connectivity index (χ0n) is 14.8. The van der Waals surface area contributed by atoms with Crippen LogP contribution in [-0.2, 0) is 16.6 Å². The Morgan fingerprint density at radius 1 is 1.35 bits per heavy atom. The highest BCUT2D eigenvalue weighted by molar-refractivity contribution is 7.89. The lowest BCUT2D eigenvalue weighted by Gasteiger charge is -2.16. The summed E-state index contributed by atoms with van der Waals surface area (Å²) < 4.78 is 31.6. The molecule has 3 rings (SSSR count). The molecule has 0 aliphatic heterocycles. The summed E-state index contributed by atoms with van der Waals surface area (Å²) in [5.74, 6) is 0.407. The summed E-state index contributed by atoms with van der Waals surface area (Å²) in [4.78, 5) is 16.5. The van der Waals surface area contributed by atoms with Crippen molar-refractivity contribution in [1.29, 1.82) is 0 Å². The minimum absolute atomic E-state index is 0.0400.